The Morgan fingerprint density at radius 1 is 1.22 bits per heavy atom. The van der Waals surface area contributed by atoms with Crippen LogP contribution in [0.4, 0.5) is 0 Å². The van der Waals surface area contributed by atoms with Gasteiger partial charge in [0.2, 0.25) is 5.91 Å². The molecule has 1 aromatic rings. The standard InChI is InChI=1S/C20H32N2O3S2/c1-14(2)17-7-6-15(3)13-18(17)21-20(23)16-8-10-22(11-9-16)27(24,25)19-5-4-12-26-19/h4-5,12,14-18H,6-11,13H2,1-3H3,(H,21,23). The molecule has 2 fully saturated rings. The zero-order valence-electron chi connectivity index (χ0n) is 16.6. The highest BCUT2D eigenvalue weighted by molar-refractivity contribution is 7.91. The van der Waals surface area contributed by atoms with Gasteiger partial charge in [0.05, 0.1) is 0 Å². The molecule has 1 saturated heterocycles. The molecule has 5 nitrogen and oxygen atoms in total. The molecule has 1 aromatic heterocycles. The van der Waals surface area contributed by atoms with E-state index in [1.165, 1.54) is 28.5 Å². The van der Waals surface area contributed by atoms with Gasteiger partial charge in [0, 0.05) is 25.0 Å². The summed E-state index contributed by atoms with van der Waals surface area (Å²) in [5.41, 5.74) is 0. The number of piperidine rings is 1. The fourth-order valence-corrected chi connectivity index (χ4v) is 7.18. The number of rotatable bonds is 5. The van der Waals surface area contributed by atoms with Crippen molar-refractivity contribution in [3.63, 3.8) is 0 Å². The minimum absolute atomic E-state index is 0.0789. The lowest BCUT2D eigenvalue weighted by Crippen LogP contribution is -2.49. The van der Waals surface area contributed by atoms with Crippen molar-refractivity contribution in [3.05, 3.63) is 17.5 Å². The zero-order chi connectivity index (χ0) is 19.6. The molecule has 1 aliphatic carbocycles. The summed E-state index contributed by atoms with van der Waals surface area (Å²) in [7, 11) is -3.40. The summed E-state index contributed by atoms with van der Waals surface area (Å²) in [5.74, 6) is 1.81. The van der Waals surface area contributed by atoms with Gasteiger partial charge in [0.1, 0.15) is 4.21 Å². The molecule has 1 N–H and O–H groups in total. The van der Waals surface area contributed by atoms with Gasteiger partial charge in [-0.25, -0.2) is 8.42 Å². The van der Waals surface area contributed by atoms with Crippen molar-refractivity contribution in [2.75, 3.05) is 13.1 Å². The lowest BCUT2D eigenvalue weighted by molar-refractivity contribution is -0.127. The van der Waals surface area contributed by atoms with E-state index in [-0.39, 0.29) is 17.9 Å². The van der Waals surface area contributed by atoms with Crippen LogP contribution in [-0.2, 0) is 14.8 Å². The Labute approximate surface area is 167 Å². The summed E-state index contributed by atoms with van der Waals surface area (Å²) < 4.78 is 27.2. The molecule has 0 spiro atoms. The normalized spacial score (nSPS) is 28.4. The Balaban J connectivity index is 1.57. The van der Waals surface area contributed by atoms with E-state index >= 15 is 0 Å². The fraction of sp³-hybridized carbons (Fsp3) is 0.750. The van der Waals surface area contributed by atoms with Gasteiger partial charge in [-0.15, -0.1) is 11.3 Å². The van der Waals surface area contributed by atoms with E-state index in [4.69, 9.17) is 0 Å². The van der Waals surface area contributed by atoms with Gasteiger partial charge in [0.15, 0.2) is 0 Å². The van der Waals surface area contributed by atoms with Gasteiger partial charge in [-0.1, -0.05) is 33.3 Å². The second-order valence-corrected chi connectivity index (χ2v) is 11.7. The van der Waals surface area contributed by atoms with Crippen LogP contribution in [0.1, 0.15) is 52.9 Å². The Kier molecular flexibility index (Phi) is 6.64. The average Bonchev–Trinajstić information content (AvgIpc) is 3.17. The molecule has 3 rings (SSSR count). The van der Waals surface area contributed by atoms with Crippen LogP contribution in [0.5, 0.6) is 0 Å². The van der Waals surface area contributed by atoms with Gasteiger partial charge in [-0.05, 0) is 54.9 Å². The van der Waals surface area contributed by atoms with Crippen LogP contribution in [-0.4, -0.2) is 37.8 Å². The molecule has 7 heteroatoms. The zero-order valence-corrected chi connectivity index (χ0v) is 18.2. The topological polar surface area (TPSA) is 66.5 Å². The van der Waals surface area contributed by atoms with E-state index in [1.54, 1.807) is 17.5 Å². The molecule has 2 heterocycles. The number of carbonyl (C=O) groups is 1. The molecule has 1 aliphatic heterocycles. The van der Waals surface area contributed by atoms with Crippen molar-refractivity contribution < 1.29 is 13.2 Å². The van der Waals surface area contributed by atoms with Crippen LogP contribution in [0, 0.1) is 23.7 Å². The van der Waals surface area contributed by atoms with Crippen molar-refractivity contribution in [2.45, 2.75) is 63.1 Å². The number of amides is 1. The first-order valence-corrected chi connectivity index (χ1v) is 12.4. The van der Waals surface area contributed by atoms with Crippen LogP contribution >= 0.6 is 11.3 Å². The highest BCUT2D eigenvalue weighted by atomic mass is 32.2. The smallest absolute Gasteiger partial charge is 0.252 e. The molecule has 0 aromatic carbocycles. The van der Waals surface area contributed by atoms with Crippen LogP contribution in [0.15, 0.2) is 21.7 Å². The lowest BCUT2D eigenvalue weighted by atomic mass is 9.74. The Hall–Kier alpha value is -0.920. The van der Waals surface area contributed by atoms with E-state index in [2.05, 4.69) is 26.1 Å². The average molecular weight is 413 g/mol. The number of hydrogen-bond acceptors (Lipinski definition) is 4. The minimum atomic E-state index is -3.40. The third-order valence-corrected chi connectivity index (χ3v) is 9.54. The Morgan fingerprint density at radius 2 is 1.93 bits per heavy atom. The number of nitrogens with zero attached hydrogens (tertiary/aromatic N) is 1. The van der Waals surface area contributed by atoms with Gasteiger partial charge in [-0.3, -0.25) is 4.79 Å². The molecule has 0 radical (unpaired) electrons. The SMILES string of the molecule is CC1CCC(C(C)C)C(NC(=O)C2CCN(S(=O)(=O)c3cccs3)CC2)C1. The van der Waals surface area contributed by atoms with Gasteiger partial charge >= 0.3 is 0 Å². The first-order chi connectivity index (χ1) is 12.8. The quantitative estimate of drug-likeness (QED) is 0.801. The molecular formula is C20H32N2O3S2. The number of carbonyl (C=O) groups excluding carboxylic acids is 1. The summed E-state index contributed by atoms with van der Waals surface area (Å²) in [4.78, 5) is 12.8. The molecule has 27 heavy (non-hydrogen) atoms. The van der Waals surface area contributed by atoms with Crippen molar-refractivity contribution in [3.8, 4) is 0 Å². The number of nitrogens with one attached hydrogen (secondary N) is 1. The Morgan fingerprint density at radius 3 is 2.52 bits per heavy atom. The van der Waals surface area contributed by atoms with Gasteiger partial charge in [0.25, 0.3) is 10.0 Å². The Bertz CT molecular complexity index is 722. The molecule has 1 saturated carbocycles. The fourth-order valence-electron chi connectivity index (χ4n) is 4.56. The second-order valence-electron chi connectivity index (χ2n) is 8.55. The first-order valence-electron chi connectivity index (χ1n) is 10.1. The van der Waals surface area contributed by atoms with E-state index in [9.17, 15) is 13.2 Å². The predicted octanol–water partition coefficient (Wildman–Crippen LogP) is 3.73. The summed E-state index contributed by atoms with van der Waals surface area (Å²) in [6, 6.07) is 3.66. The van der Waals surface area contributed by atoms with E-state index in [1.807, 2.05) is 0 Å². The molecule has 3 atom stereocenters. The van der Waals surface area contributed by atoms with Crippen LogP contribution < -0.4 is 5.32 Å². The number of sulfonamides is 1. The van der Waals surface area contributed by atoms with Crippen LogP contribution in [0.2, 0.25) is 0 Å². The predicted molar refractivity (Wildman–Crippen MR) is 109 cm³/mol. The summed E-state index contributed by atoms with van der Waals surface area (Å²) in [6.07, 6.45) is 4.69. The van der Waals surface area contributed by atoms with E-state index in [0.717, 1.165) is 6.42 Å². The molecule has 2 aliphatic rings. The van der Waals surface area contributed by atoms with Crippen molar-refractivity contribution in [1.29, 1.82) is 0 Å². The summed E-state index contributed by atoms with van der Waals surface area (Å²) >= 11 is 1.25. The summed E-state index contributed by atoms with van der Waals surface area (Å²) in [5, 5.41) is 5.11. The maximum atomic E-state index is 12.8. The van der Waals surface area contributed by atoms with Crippen molar-refractivity contribution in [2.24, 2.45) is 23.7 Å². The van der Waals surface area contributed by atoms with Crippen molar-refractivity contribution in [1.82, 2.24) is 9.62 Å². The third-order valence-electron chi connectivity index (χ3n) is 6.26. The van der Waals surface area contributed by atoms with E-state index in [0.29, 0.717) is 47.9 Å². The second kappa shape index (κ2) is 8.62. The largest absolute Gasteiger partial charge is 0.353 e. The number of thiophene rings is 1. The van der Waals surface area contributed by atoms with Crippen LogP contribution in [0.3, 0.4) is 0 Å². The van der Waals surface area contributed by atoms with Crippen LogP contribution in [0.25, 0.3) is 0 Å². The monoisotopic (exact) mass is 412 g/mol. The van der Waals surface area contributed by atoms with Gasteiger partial charge < -0.3 is 5.32 Å². The first kappa shape index (κ1) is 20.8. The highest BCUT2D eigenvalue weighted by Gasteiger charge is 2.36. The lowest BCUT2D eigenvalue weighted by Gasteiger charge is -2.39. The summed E-state index contributed by atoms with van der Waals surface area (Å²) in [6.45, 7) is 7.60. The maximum Gasteiger partial charge on any atom is 0.252 e. The molecule has 3 unspecified atom stereocenters. The number of hydrogen-bond donors (Lipinski definition) is 1. The third kappa shape index (κ3) is 4.74. The van der Waals surface area contributed by atoms with E-state index < -0.39 is 10.0 Å². The molecule has 152 valence electrons. The maximum absolute atomic E-state index is 12.8. The minimum Gasteiger partial charge on any atom is -0.353 e. The van der Waals surface area contributed by atoms with Gasteiger partial charge in [-0.2, -0.15) is 4.31 Å². The molecular weight excluding hydrogens is 380 g/mol. The molecule has 1 amide bonds. The molecule has 0 bridgehead atoms. The van der Waals surface area contributed by atoms with Crippen molar-refractivity contribution >= 4 is 27.3 Å². The highest BCUT2D eigenvalue weighted by Crippen LogP contribution is 2.34.